The van der Waals surface area contributed by atoms with Gasteiger partial charge in [-0.1, -0.05) is 214 Å². The van der Waals surface area contributed by atoms with Crippen molar-refractivity contribution in [1.29, 1.82) is 0 Å². The van der Waals surface area contributed by atoms with E-state index in [9.17, 15) is 0 Å². The number of hydrogen-bond acceptors (Lipinski definition) is 3. The highest BCUT2D eigenvalue weighted by Gasteiger charge is 2.60. The topological polar surface area (TPSA) is 32.7 Å². The van der Waals surface area contributed by atoms with Crippen LogP contribution in [0, 0.1) is 0 Å². The van der Waals surface area contributed by atoms with E-state index < -0.39 is 5.79 Å². The minimum absolute atomic E-state index is 0.173. The number of hydrogen-bond donors (Lipinski definition) is 0. The van der Waals surface area contributed by atoms with Crippen LogP contribution in [0.4, 0.5) is 0 Å². The van der Waals surface area contributed by atoms with Crippen molar-refractivity contribution in [3.63, 3.8) is 0 Å². The van der Waals surface area contributed by atoms with Crippen molar-refractivity contribution in [3.8, 4) is 77.9 Å². The van der Waals surface area contributed by atoms with Crippen molar-refractivity contribution in [2.75, 3.05) is 6.54 Å². The molecule has 0 bridgehead atoms. The predicted molar refractivity (Wildman–Crippen MR) is 320 cm³/mol. The zero-order chi connectivity index (χ0) is 51.2. The van der Waals surface area contributed by atoms with Gasteiger partial charge in [0, 0.05) is 27.3 Å². The molecule has 1 aliphatic carbocycles. The first-order chi connectivity index (χ1) is 37.9. The van der Waals surface area contributed by atoms with E-state index in [0.29, 0.717) is 12.4 Å². The number of rotatable bonds is 9. The molecule has 1 atom stereocenters. The third kappa shape index (κ3) is 7.43. The molecule has 0 N–H and O–H groups in total. The monoisotopic (exact) mass is 984 g/mol. The average Bonchev–Trinajstić information content (AvgIpc) is 4.24. The number of fused-ring (bicyclic) bond motifs is 7. The Labute approximate surface area is 449 Å². The molecule has 1 fully saturated rings. The third-order valence-electron chi connectivity index (χ3n) is 16.4. The second-order valence-electron chi connectivity index (χ2n) is 21.4. The summed E-state index contributed by atoms with van der Waals surface area (Å²) in [6.07, 6.45) is 0. The van der Waals surface area contributed by atoms with E-state index in [4.69, 9.17) is 9.98 Å². The van der Waals surface area contributed by atoms with Gasteiger partial charge < -0.3 is 4.90 Å². The number of amidine groups is 2. The van der Waals surface area contributed by atoms with Gasteiger partial charge in [-0.3, -0.25) is 4.57 Å². The third-order valence-corrected chi connectivity index (χ3v) is 16.4. The van der Waals surface area contributed by atoms with Crippen LogP contribution in [0.3, 0.4) is 0 Å². The maximum atomic E-state index is 5.90. The molecule has 0 spiro atoms. The van der Waals surface area contributed by atoms with Gasteiger partial charge in [0.15, 0.2) is 5.84 Å². The van der Waals surface area contributed by atoms with Crippen LogP contribution in [0.5, 0.6) is 0 Å². The number of para-hydroxylation sites is 1. The lowest BCUT2D eigenvalue weighted by Crippen LogP contribution is -2.32. The van der Waals surface area contributed by atoms with Crippen LogP contribution in [0.15, 0.2) is 277 Å². The summed E-state index contributed by atoms with van der Waals surface area (Å²) in [5.41, 5.74) is 23.4. The maximum absolute atomic E-state index is 5.90. The van der Waals surface area contributed by atoms with Crippen molar-refractivity contribution in [2.45, 2.75) is 25.0 Å². The van der Waals surface area contributed by atoms with Crippen LogP contribution in [0.1, 0.15) is 36.1 Å². The molecule has 11 aromatic carbocycles. The molecule has 4 heteroatoms. The Bertz CT molecular complexity index is 4260. The molecule has 77 heavy (non-hydrogen) atoms. The second kappa shape index (κ2) is 17.5. The molecule has 2 aliphatic heterocycles. The van der Waals surface area contributed by atoms with E-state index in [1.54, 1.807) is 0 Å². The van der Waals surface area contributed by atoms with Gasteiger partial charge in [0.1, 0.15) is 5.84 Å². The lowest BCUT2D eigenvalue weighted by Gasteiger charge is -2.26. The number of nitrogens with zero attached hydrogens (tertiary/aromatic N) is 4. The first-order valence-electron chi connectivity index (χ1n) is 26.7. The van der Waals surface area contributed by atoms with Crippen molar-refractivity contribution in [2.24, 2.45) is 9.98 Å². The molecule has 12 aromatic rings. The Morgan fingerprint density at radius 3 is 1.31 bits per heavy atom. The molecule has 4 nitrogen and oxygen atoms in total. The summed E-state index contributed by atoms with van der Waals surface area (Å²) in [7, 11) is 0. The van der Waals surface area contributed by atoms with Gasteiger partial charge in [0.25, 0.3) is 0 Å². The summed E-state index contributed by atoms with van der Waals surface area (Å²) in [6.45, 7) is 5.40. The normalized spacial score (nSPS) is 15.9. The van der Waals surface area contributed by atoms with Gasteiger partial charge in [-0.2, -0.15) is 0 Å². The van der Waals surface area contributed by atoms with Gasteiger partial charge in [-0.15, -0.1) is 0 Å². The molecule has 15 rings (SSSR count). The molecule has 3 heterocycles. The smallest absolute Gasteiger partial charge is 0.236 e. The molecule has 0 radical (unpaired) electrons. The summed E-state index contributed by atoms with van der Waals surface area (Å²) in [4.78, 5) is 14.0. The minimum Gasteiger partial charge on any atom is -0.306 e. The van der Waals surface area contributed by atoms with Crippen molar-refractivity contribution in [3.05, 3.63) is 289 Å². The SMILES string of the molecule is CC1(C)c2ccccc2-c2cc3c4ccccc4n(C45CN4C(c4cccc(-c6cc(-c7ccccc7)cc(-c7ccccc7)c6)c4)=NC(c4cccc(-c6cc(-c7ccccc7)cc(-c7ccccc7)c6)c4)=N5)c3cc21. The van der Waals surface area contributed by atoms with E-state index in [2.05, 4.69) is 290 Å². The van der Waals surface area contributed by atoms with Gasteiger partial charge in [0.2, 0.25) is 5.79 Å². The zero-order valence-corrected chi connectivity index (χ0v) is 42.9. The number of aromatic nitrogens is 1. The summed E-state index contributed by atoms with van der Waals surface area (Å²) in [5, 5.41) is 2.46. The molecule has 3 aliphatic rings. The first kappa shape index (κ1) is 44.8. The number of benzene rings is 11. The van der Waals surface area contributed by atoms with Crippen molar-refractivity contribution < 1.29 is 0 Å². The predicted octanol–water partition coefficient (Wildman–Crippen LogP) is 17.9. The fourth-order valence-corrected chi connectivity index (χ4v) is 12.5. The van der Waals surface area contributed by atoms with E-state index in [-0.39, 0.29) is 5.41 Å². The van der Waals surface area contributed by atoms with E-state index in [1.807, 2.05) is 0 Å². The van der Waals surface area contributed by atoms with E-state index in [0.717, 1.165) is 44.7 Å². The summed E-state index contributed by atoms with van der Waals surface area (Å²) < 4.78 is 2.53. The van der Waals surface area contributed by atoms with E-state index in [1.165, 1.54) is 83.1 Å². The first-order valence-corrected chi connectivity index (χ1v) is 26.7. The van der Waals surface area contributed by atoms with Crippen LogP contribution in [-0.2, 0) is 11.2 Å². The van der Waals surface area contributed by atoms with Crippen LogP contribution < -0.4 is 0 Å². The lowest BCUT2D eigenvalue weighted by atomic mass is 9.82. The summed E-state index contributed by atoms with van der Waals surface area (Å²) in [5.74, 6) is 0.827. The average molecular weight is 985 g/mol. The molecule has 364 valence electrons. The Balaban J connectivity index is 0.923. The quantitative estimate of drug-likeness (QED) is 0.133. The van der Waals surface area contributed by atoms with Crippen LogP contribution in [0.2, 0.25) is 0 Å². The fraction of sp³-hybridized carbons (Fsp3) is 0.0685. The molecular formula is C73H52N4. The highest BCUT2D eigenvalue weighted by Crippen LogP contribution is 2.54. The zero-order valence-electron chi connectivity index (χ0n) is 42.9. The Morgan fingerprint density at radius 2 is 0.753 bits per heavy atom. The summed E-state index contributed by atoms with van der Waals surface area (Å²) >= 11 is 0. The molecule has 0 saturated carbocycles. The van der Waals surface area contributed by atoms with Gasteiger partial charge >= 0.3 is 0 Å². The molecule has 1 unspecified atom stereocenters. The number of aliphatic imine (C=N–C) groups is 2. The van der Waals surface area contributed by atoms with Crippen molar-refractivity contribution in [1.82, 2.24) is 9.47 Å². The summed E-state index contributed by atoms with van der Waals surface area (Å²) in [6, 6.07) is 97.3. The van der Waals surface area contributed by atoms with Crippen molar-refractivity contribution >= 4 is 33.5 Å². The largest absolute Gasteiger partial charge is 0.306 e. The standard InChI is InChI=1S/C73H52N4/c1-72(2)66-35-17-15-33-62(66)64-45-65-63-34-16-18-36-68(63)77(69(65)46-67(64)72)73-47-76(73)71(55-32-20-30-53(38-55)61-43-58(50-25-11-5-12-26-50)40-59(44-61)51-27-13-6-14-28-51)74-70(75-73)54-31-19-29-52(37-54)60-41-56(48-21-7-3-8-22-48)39-57(42-60)49-23-9-4-10-24-49/h3-46H,47H2,1-2H3. The highest BCUT2D eigenvalue weighted by atomic mass is 15.6. The van der Waals surface area contributed by atoms with Crippen LogP contribution >= 0.6 is 0 Å². The maximum Gasteiger partial charge on any atom is 0.236 e. The second-order valence-corrected chi connectivity index (χ2v) is 21.4. The Kier molecular flexibility index (Phi) is 10.2. The van der Waals surface area contributed by atoms with Gasteiger partial charge in [-0.25, -0.2) is 9.98 Å². The lowest BCUT2D eigenvalue weighted by molar-refractivity contribution is 0.430. The fourth-order valence-electron chi connectivity index (χ4n) is 12.5. The molecular weight excluding hydrogens is 933 g/mol. The molecule has 1 aromatic heterocycles. The highest BCUT2D eigenvalue weighted by molar-refractivity contribution is 6.16. The molecule has 1 saturated heterocycles. The van der Waals surface area contributed by atoms with Gasteiger partial charge in [-0.05, 0) is 156 Å². The van der Waals surface area contributed by atoms with E-state index >= 15 is 0 Å². The minimum atomic E-state index is -0.787. The van der Waals surface area contributed by atoms with Gasteiger partial charge in [0.05, 0.1) is 17.6 Å². The van der Waals surface area contributed by atoms with Crippen LogP contribution in [0.25, 0.3) is 99.7 Å². The Hall–Kier alpha value is -9.64. The Morgan fingerprint density at radius 1 is 0.325 bits per heavy atom. The molecule has 0 amide bonds. The van der Waals surface area contributed by atoms with Crippen LogP contribution in [-0.4, -0.2) is 27.7 Å².